The highest BCUT2D eigenvalue weighted by Crippen LogP contribution is 2.18. The summed E-state index contributed by atoms with van der Waals surface area (Å²) < 4.78 is 27.4. The van der Waals surface area contributed by atoms with E-state index in [1.54, 1.807) is 30.3 Å². The summed E-state index contributed by atoms with van der Waals surface area (Å²) >= 11 is 0. The van der Waals surface area contributed by atoms with Crippen LogP contribution in [0.15, 0.2) is 71.6 Å². The molecule has 29 heavy (non-hydrogen) atoms. The fraction of sp³-hybridized carbons (Fsp3) is 0.227. The molecule has 0 heterocycles. The summed E-state index contributed by atoms with van der Waals surface area (Å²) in [6, 6.07) is 19.5. The molecule has 0 saturated heterocycles. The molecule has 3 N–H and O–H groups in total. The molecule has 0 bridgehead atoms. The molecule has 0 unspecified atom stereocenters. The van der Waals surface area contributed by atoms with Crippen molar-refractivity contribution in [1.29, 1.82) is 0 Å². The largest absolute Gasteiger partial charge is 0.508 e. The van der Waals surface area contributed by atoms with E-state index < -0.39 is 10.0 Å². The lowest BCUT2D eigenvalue weighted by atomic mass is 10.1. The van der Waals surface area contributed by atoms with E-state index >= 15 is 0 Å². The third-order valence-electron chi connectivity index (χ3n) is 4.58. The first-order valence-corrected chi connectivity index (χ1v) is 11.0. The molecule has 0 radical (unpaired) electrons. The van der Waals surface area contributed by atoms with E-state index in [1.165, 1.54) is 0 Å². The summed E-state index contributed by atoms with van der Waals surface area (Å²) in [7, 11) is -3.66. The van der Waals surface area contributed by atoms with Crippen LogP contribution in [0, 0.1) is 0 Å². The van der Waals surface area contributed by atoms with Gasteiger partial charge in [-0.15, -0.1) is 0 Å². The van der Waals surface area contributed by atoms with Gasteiger partial charge >= 0.3 is 0 Å². The molecule has 0 aromatic heterocycles. The number of benzene rings is 3. The smallest absolute Gasteiger partial charge is 0.240 e. The van der Waals surface area contributed by atoms with Gasteiger partial charge in [0.05, 0.1) is 4.90 Å². The van der Waals surface area contributed by atoms with E-state index in [9.17, 15) is 18.3 Å². The number of sulfonamides is 1. The van der Waals surface area contributed by atoms with Gasteiger partial charge in [-0.2, -0.15) is 0 Å². The number of phenols is 1. The number of phenolic OH excluding ortho intramolecular Hbond substituents is 1. The first kappa shape index (κ1) is 20.8. The molecule has 0 fully saturated rings. The second-order valence-electron chi connectivity index (χ2n) is 6.78. The van der Waals surface area contributed by atoms with Crippen molar-refractivity contribution < 1.29 is 18.3 Å². The minimum Gasteiger partial charge on any atom is -0.508 e. The molecule has 3 rings (SSSR count). The molecule has 3 aromatic carbocycles. The highest BCUT2D eigenvalue weighted by Gasteiger charge is 2.14. The van der Waals surface area contributed by atoms with Gasteiger partial charge in [0, 0.05) is 19.5 Å². The van der Waals surface area contributed by atoms with Crippen LogP contribution in [0.4, 0.5) is 0 Å². The van der Waals surface area contributed by atoms with Gasteiger partial charge in [0.2, 0.25) is 15.9 Å². The Morgan fingerprint density at radius 1 is 0.897 bits per heavy atom. The molecule has 1 amide bonds. The first-order chi connectivity index (χ1) is 13.9. The van der Waals surface area contributed by atoms with Crippen molar-refractivity contribution in [3.05, 3.63) is 72.3 Å². The Balaban J connectivity index is 1.41. The maximum Gasteiger partial charge on any atom is 0.240 e. The second kappa shape index (κ2) is 9.54. The number of rotatable bonds is 9. The number of carbonyl (C=O) groups excluding carboxylic acids is 1. The van der Waals surface area contributed by atoms with Gasteiger partial charge in [-0.05, 0) is 53.4 Å². The van der Waals surface area contributed by atoms with Crippen molar-refractivity contribution in [3.8, 4) is 5.75 Å². The average molecular weight is 413 g/mol. The zero-order valence-electron chi connectivity index (χ0n) is 16.0. The summed E-state index contributed by atoms with van der Waals surface area (Å²) in [6.45, 7) is 0.552. The van der Waals surface area contributed by atoms with Crippen LogP contribution in [0.5, 0.6) is 5.75 Å². The van der Waals surface area contributed by atoms with E-state index in [0.717, 1.165) is 29.2 Å². The first-order valence-electron chi connectivity index (χ1n) is 9.47. The van der Waals surface area contributed by atoms with Gasteiger partial charge in [-0.25, -0.2) is 13.1 Å². The van der Waals surface area contributed by atoms with E-state index in [1.807, 2.05) is 36.4 Å². The predicted octanol–water partition coefficient (Wildman–Crippen LogP) is 2.96. The standard InChI is InChI=1S/C22H24N2O4S/c25-20-10-7-17(8-11-20)4-3-14-23-22(26)13-15-24-29(27,28)21-12-9-18-5-1-2-6-19(18)16-21/h1-2,5-12,16,24-25H,3-4,13-15H2,(H,23,26). The Morgan fingerprint density at radius 2 is 1.62 bits per heavy atom. The molecule has 0 atom stereocenters. The predicted molar refractivity (Wildman–Crippen MR) is 113 cm³/mol. The fourth-order valence-corrected chi connectivity index (χ4v) is 4.05. The lowest BCUT2D eigenvalue weighted by Crippen LogP contribution is -2.31. The number of nitrogens with one attached hydrogen (secondary N) is 2. The minimum absolute atomic E-state index is 0.0406. The Hall–Kier alpha value is -2.90. The molecular formula is C22H24N2O4S. The van der Waals surface area contributed by atoms with Crippen LogP contribution < -0.4 is 10.0 Å². The molecule has 6 nitrogen and oxygen atoms in total. The van der Waals surface area contributed by atoms with Crippen LogP contribution >= 0.6 is 0 Å². The number of aryl methyl sites for hydroxylation is 1. The van der Waals surface area contributed by atoms with Crippen molar-refractivity contribution in [3.63, 3.8) is 0 Å². The number of carbonyl (C=O) groups is 1. The summed E-state index contributed by atoms with van der Waals surface area (Å²) in [6.07, 6.45) is 1.63. The van der Waals surface area contributed by atoms with Crippen molar-refractivity contribution in [2.24, 2.45) is 0 Å². The maximum absolute atomic E-state index is 12.4. The minimum atomic E-state index is -3.66. The van der Waals surface area contributed by atoms with Gasteiger partial charge in [0.25, 0.3) is 0 Å². The number of aromatic hydroxyl groups is 1. The van der Waals surface area contributed by atoms with Crippen molar-refractivity contribution in [1.82, 2.24) is 10.0 Å². The van der Waals surface area contributed by atoms with Crippen LogP contribution in [-0.4, -0.2) is 32.5 Å². The Morgan fingerprint density at radius 3 is 2.38 bits per heavy atom. The van der Waals surface area contributed by atoms with Gasteiger partial charge in [0.15, 0.2) is 0 Å². The highest BCUT2D eigenvalue weighted by atomic mass is 32.2. The van der Waals surface area contributed by atoms with Gasteiger partial charge < -0.3 is 10.4 Å². The SMILES string of the molecule is O=C(CCNS(=O)(=O)c1ccc2ccccc2c1)NCCCc1ccc(O)cc1. The van der Waals surface area contributed by atoms with E-state index in [-0.39, 0.29) is 29.5 Å². The summed E-state index contributed by atoms with van der Waals surface area (Å²) in [4.78, 5) is 12.1. The number of fused-ring (bicyclic) bond motifs is 1. The van der Waals surface area contributed by atoms with Gasteiger partial charge in [-0.3, -0.25) is 4.79 Å². The molecule has 0 aliphatic carbocycles. The topological polar surface area (TPSA) is 95.5 Å². The van der Waals surface area contributed by atoms with Crippen LogP contribution in [0.1, 0.15) is 18.4 Å². The third-order valence-corrected chi connectivity index (χ3v) is 6.03. The van der Waals surface area contributed by atoms with Gasteiger partial charge in [-0.1, -0.05) is 42.5 Å². The molecule has 0 saturated carbocycles. The normalized spacial score (nSPS) is 11.4. The van der Waals surface area contributed by atoms with E-state index in [2.05, 4.69) is 10.0 Å². The molecule has 0 spiro atoms. The lowest BCUT2D eigenvalue weighted by Gasteiger charge is -2.09. The van der Waals surface area contributed by atoms with E-state index in [4.69, 9.17) is 0 Å². The number of amides is 1. The van der Waals surface area contributed by atoms with Crippen molar-refractivity contribution in [2.75, 3.05) is 13.1 Å². The zero-order chi connectivity index (χ0) is 20.7. The molecule has 7 heteroatoms. The maximum atomic E-state index is 12.4. The number of hydrogen-bond donors (Lipinski definition) is 3. The quantitative estimate of drug-likeness (QED) is 0.471. The molecule has 152 valence electrons. The lowest BCUT2D eigenvalue weighted by molar-refractivity contribution is -0.120. The fourth-order valence-electron chi connectivity index (χ4n) is 2.99. The van der Waals surface area contributed by atoms with Crippen molar-refractivity contribution >= 4 is 26.7 Å². The number of hydrogen-bond acceptors (Lipinski definition) is 4. The van der Waals surface area contributed by atoms with Crippen LogP contribution in [-0.2, 0) is 21.2 Å². The third kappa shape index (κ3) is 6.04. The monoisotopic (exact) mass is 412 g/mol. The zero-order valence-corrected chi connectivity index (χ0v) is 16.8. The van der Waals surface area contributed by atoms with Crippen LogP contribution in [0.2, 0.25) is 0 Å². The average Bonchev–Trinajstić information content (AvgIpc) is 2.72. The summed E-state index contributed by atoms with van der Waals surface area (Å²) in [5, 5.41) is 13.9. The second-order valence-corrected chi connectivity index (χ2v) is 8.54. The Labute approximate surface area is 170 Å². The molecule has 0 aliphatic heterocycles. The molecular weight excluding hydrogens is 388 g/mol. The summed E-state index contributed by atoms with van der Waals surface area (Å²) in [5.74, 6) is 0.0325. The summed E-state index contributed by atoms with van der Waals surface area (Å²) in [5.41, 5.74) is 1.08. The molecule has 3 aromatic rings. The van der Waals surface area contributed by atoms with E-state index in [0.29, 0.717) is 6.54 Å². The molecule has 0 aliphatic rings. The van der Waals surface area contributed by atoms with Crippen LogP contribution in [0.25, 0.3) is 10.8 Å². The Bertz CT molecular complexity index is 1080. The highest BCUT2D eigenvalue weighted by molar-refractivity contribution is 7.89. The van der Waals surface area contributed by atoms with Gasteiger partial charge in [0.1, 0.15) is 5.75 Å². The van der Waals surface area contributed by atoms with Crippen molar-refractivity contribution in [2.45, 2.75) is 24.2 Å². The van der Waals surface area contributed by atoms with Crippen LogP contribution in [0.3, 0.4) is 0 Å². The Kier molecular flexibility index (Phi) is 6.85.